The fraction of sp³-hybridized carbons (Fsp3) is 0.455. The van der Waals surface area contributed by atoms with E-state index in [4.69, 9.17) is 0 Å². The molecule has 6 nitrogen and oxygen atoms in total. The fourth-order valence-electron chi connectivity index (χ4n) is 3.65. The van der Waals surface area contributed by atoms with Crippen molar-refractivity contribution >= 4 is 17.4 Å². The number of benzene rings is 1. The molecule has 0 spiro atoms. The normalized spacial score (nSPS) is 18.4. The van der Waals surface area contributed by atoms with Gasteiger partial charge in [0.05, 0.1) is 13.1 Å². The lowest BCUT2D eigenvalue weighted by atomic mass is 9.99. The van der Waals surface area contributed by atoms with Crippen LogP contribution in [0.4, 0.5) is 0 Å². The monoisotopic (exact) mass is 382 g/mol. The Morgan fingerprint density at radius 3 is 2.29 bits per heavy atom. The number of piperazine rings is 1. The molecule has 1 N–H and O–H groups in total. The van der Waals surface area contributed by atoms with Crippen LogP contribution >= 0.6 is 0 Å². The molecule has 1 saturated heterocycles. The van der Waals surface area contributed by atoms with E-state index >= 15 is 0 Å². The van der Waals surface area contributed by atoms with Crippen LogP contribution in [0.5, 0.6) is 0 Å². The average molecular weight is 383 g/mol. The van der Waals surface area contributed by atoms with Crippen LogP contribution in [-0.4, -0.2) is 85.4 Å². The van der Waals surface area contributed by atoms with Crippen molar-refractivity contribution in [3.8, 4) is 0 Å². The standard InChI is InChI=1S/C22H30N4O2/c1-2-10-23-21(27)17-24-13-15-25(16-14-24)18-22(28)26-11-8-20(9-12-26)19-6-4-3-5-7-19/h2-8H,1,9-18H2,(H,23,27). The van der Waals surface area contributed by atoms with Gasteiger partial charge in [-0.1, -0.05) is 42.5 Å². The fourth-order valence-corrected chi connectivity index (χ4v) is 3.65. The summed E-state index contributed by atoms with van der Waals surface area (Å²) in [5, 5.41) is 2.80. The highest BCUT2D eigenvalue weighted by molar-refractivity contribution is 5.80. The van der Waals surface area contributed by atoms with E-state index < -0.39 is 0 Å². The van der Waals surface area contributed by atoms with Crippen LogP contribution < -0.4 is 5.32 Å². The number of carbonyl (C=O) groups is 2. The molecule has 1 aromatic rings. The smallest absolute Gasteiger partial charge is 0.237 e. The molecule has 1 aromatic carbocycles. The summed E-state index contributed by atoms with van der Waals surface area (Å²) in [6, 6.07) is 10.4. The number of nitrogens with zero attached hydrogens (tertiary/aromatic N) is 3. The molecule has 6 heteroatoms. The summed E-state index contributed by atoms with van der Waals surface area (Å²) in [4.78, 5) is 30.7. The van der Waals surface area contributed by atoms with Gasteiger partial charge < -0.3 is 10.2 Å². The van der Waals surface area contributed by atoms with Crippen molar-refractivity contribution in [3.05, 3.63) is 54.6 Å². The Bertz CT molecular complexity index is 709. The zero-order valence-electron chi connectivity index (χ0n) is 16.5. The third kappa shape index (κ3) is 5.78. The van der Waals surface area contributed by atoms with Gasteiger partial charge in [-0.15, -0.1) is 6.58 Å². The Morgan fingerprint density at radius 2 is 1.68 bits per heavy atom. The van der Waals surface area contributed by atoms with Gasteiger partial charge in [0, 0.05) is 45.8 Å². The summed E-state index contributed by atoms with van der Waals surface area (Å²) in [7, 11) is 0. The van der Waals surface area contributed by atoms with E-state index in [2.05, 4.69) is 52.0 Å². The minimum Gasteiger partial charge on any atom is -0.352 e. The first-order valence-electron chi connectivity index (χ1n) is 10.00. The molecule has 2 aliphatic heterocycles. The minimum absolute atomic E-state index is 0.0266. The molecule has 2 aliphatic rings. The van der Waals surface area contributed by atoms with Crippen LogP contribution in [0.3, 0.4) is 0 Å². The van der Waals surface area contributed by atoms with Crippen molar-refractivity contribution < 1.29 is 9.59 Å². The molecule has 0 radical (unpaired) electrons. The van der Waals surface area contributed by atoms with Crippen molar-refractivity contribution in [3.63, 3.8) is 0 Å². The second kappa shape index (κ2) is 10.2. The molecule has 0 aromatic heterocycles. The van der Waals surface area contributed by atoms with Crippen LogP contribution in [0, 0.1) is 0 Å². The zero-order valence-corrected chi connectivity index (χ0v) is 16.5. The van der Waals surface area contributed by atoms with Gasteiger partial charge in [-0.05, 0) is 17.6 Å². The van der Waals surface area contributed by atoms with Crippen molar-refractivity contribution in [2.75, 3.05) is 58.9 Å². The summed E-state index contributed by atoms with van der Waals surface area (Å²) in [5.74, 6) is 0.222. The van der Waals surface area contributed by atoms with Gasteiger partial charge in [-0.3, -0.25) is 19.4 Å². The van der Waals surface area contributed by atoms with Crippen LogP contribution in [-0.2, 0) is 9.59 Å². The highest BCUT2D eigenvalue weighted by atomic mass is 16.2. The lowest BCUT2D eigenvalue weighted by Crippen LogP contribution is -2.52. The maximum absolute atomic E-state index is 12.7. The topological polar surface area (TPSA) is 55.9 Å². The largest absolute Gasteiger partial charge is 0.352 e. The Kier molecular flexibility index (Phi) is 7.39. The molecule has 28 heavy (non-hydrogen) atoms. The summed E-state index contributed by atoms with van der Waals surface area (Å²) in [6.07, 6.45) is 4.76. The molecule has 0 bridgehead atoms. The van der Waals surface area contributed by atoms with Crippen LogP contribution in [0.1, 0.15) is 12.0 Å². The second-order valence-corrected chi connectivity index (χ2v) is 7.33. The number of carbonyl (C=O) groups excluding carboxylic acids is 2. The van der Waals surface area contributed by atoms with E-state index in [1.54, 1.807) is 6.08 Å². The Morgan fingerprint density at radius 1 is 1.00 bits per heavy atom. The number of hydrogen-bond acceptors (Lipinski definition) is 4. The van der Waals surface area contributed by atoms with Gasteiger partial charge in [0.15, 0.2) is 0 Å². The van der Waals surface area contributed by atoms with Crippen LogP contribution in [0.25, 0.3) is 5.57 Å². The quantitative estimate of drug-likeness (QED) is 0.721. The number of nitrogens with one attached hydrogen (secondary N) is 1. The molecular formula is C22H30N4O2. The lowest BCUT2D eigenvalue weighted by Gasteiger charge is -2.35. The van der Waals surface area contributed by atoms with Gasteiger partial charge >= 0.3 is 0 Å². The van der Waals surface area contributed by atoms with Gasteiger partial charge in [0.2, 0.25) is 11.8 Å². The third-order valence-corrected chi connectivity index (χ3v) is 5.34. The van der Waals surface area contributed by atoms with E-state index in [0.29, 0.717) is 26.2 Å². The molecule has 0 aliphatic carbocycles. The average Bonchev–Trinajstić information content (AvgIpc) is 2.74. The highest BCUT2D eigenvalue weighted by Crippen LogP contribution is 2.22. The first-order valence-corrected chi connectivity index (χ1v) is 10.00. The maximum Gasteiger partial charge on any atom is 0.237 e. The lowest BCUT2D eigenvalue weighted by molar-refractivity contribution is -0.132. The summed E-state index contributed by atoms with van der Waals surface area (Å²) < 4.78 is 0. The van der Waals surface area contributed by atoms with Gasteiger partial charge in [0.1, 0.15) is 0 Å². The minimum atomic E-state index is 0.0266. The molecule has 150 valence electrons. The molecule has 0 atom stereocenters. The SMILES string of the molecule is C=CCNC(=O)CN1CCN(CC(=O)N2CC=C(c3ccccc3)CC2)CC1. The number of hydrogen-bond donors (Lipinski definition) is 1. The molecule has 2 amide bonds. The first kappa shape index (κ1) is 20.3. The molecule has 3 rings (SSSR count). The van der Waals surface area contributed by atoms with Gasteiger partial charge in [0.25, 0.3) is 0 Å². The van der Waals surface area contributed by atoms with Gasteiger partial charge in [-0.25, -0.2) is 0 Å². The molecule has 0 unspecified atom stereocenters. The van der Waals surface area contributed by atoms with Crippen molar-refractivity contribution in [2.24, 2.45) is 0 Å². The van der Waals surface area contributed by atoms with Crippen molar-refractivity contribution in [2.45, 2.75) is 6.42 Å². The first-order chi connectivity index (χ1) is 13.7. The number of amides is 2. The summed E-state index contributed by atoms with van der Waals surface area (Å²) in [5.41, 5.74) is 2.58. The molecule has 0 saturated carbocycles. The Balaban J connectivity index is 1.40. The highest BCUT2D eigenvalue weighted by Gasteiger charge is 2.23. The molecule has 1 fully saturated rings. The molecule has 2 heterocycles. The van der Waals surface area contributed by atoms with E-state index in [-0.39, 0.29) is 11.8 Å². The Labute approximate surface area is 167 Å². The van der Waals surface area contributed by atoms with Gasteiger partial charge in [-0.2, -0.15) is 0 Å². The Hall–Kier alpha value is -2.44. The zero-order chi connectivity index (χ0) is 19.8. The van der Waals surface area contributed by atoms with Crippen molar-refractivity contribution in [1.82, 2.24) is 20.0 Å². The predicted molar refractivity (Wildman–Crippen MR) is 112 cm³/mol. The van der Waals surface area contributed by atoms with Crippen LogP contribution in [0.15, 0.2) is 49.1 Å². The second-order valence-electron chi connectivity index (χ2n) is 7.33. The maximum atomic E-state index is 12.7. The summed E-state index contributed by atoms with van der Waals surface area (Å²) >= 11 is 0. The third-order valence-electron chi connectivity index (χ3n) is 5.34. The van der Waals surface area contributed by atoms with E-state index in [1.807, 2.05) is 11.0 Å². The number of rotatable bonds is 7. The van der Waals surface area contributed by atoms with Crippen LogP contribution in [0.2, 0.25) is 0 Å². The van der Waals surface area contributed by atoms with E-state index in [0.717, 1.165) is 39.1 Å². The van der Waals surface area contributed by atoms with Crippen molar-refractivity contribution in [1.29, 1.82) is 0 Å². The predicted octanol–water partition coefficient (Wildman–Crippen LogP) is 1.22. The summed E-state index contributed by atoms with van der Waals surface area (Å²) in [6.45, 7) is 9.71. The molecular weight excluding hydrogens is 352 g/mol. The van der Waals surface area contributed by atoms with E-state index in [1.165, 1.54) is 11.1 Å². The van der Waals surface area contributed by atoms with E-state index in [9.17, 15) is 9.59 Å².